The van der Waals surface area contributed by atoms with Gasteiger partial charge in [-0.2, -0.15) is 0 Å². The van der Waals surface area contributed by atoms with Crippen LogP contribution in [0.25, 0.3) is 0 Å². The van der Waals surface area contributed by atoms with Gasteiger partial charge in [-0.1, -0.05) is 46.0 Å². The molecule has 0 aromatic carbocycles. The predicted octanol–water partition coefficient (Wildman–Crippen LogP) is 2.84. The molecule has 1 heteroatoms. The highest BCUT2D eigenvalue weighted by atomic mass is 28.2. The van der Waals surface area contributed by atoms with E-state index in [1.54, 1.807) is 0 Å². The topological polar surface area (TPSA) is 0 Å². The molecule has 0 saturated heterocycles. The molecule has 1 aliphatic rings. The molecule has 0 saturated carbocycles. The molecule has 0 N–H and O–H groups in total. The molecule has 0 aliphatic heterocycles. The van der Waals surface area contributed by atoms with Crippen molar-refractivity contribution in [1.82, 2.24) is 0 Å². The zero-order chi connectivity index (χ0) is 9.35. The molecule has 0 amide bonds. The highest BCUT2D eigenvalue weighted by Gasteiger charge is 2.17. The van der Waals surface area contributed by atoms with Gasteiger partial charge in [-0.3, -0.25) is 0 Å². The first-order valence-electron chi connectivity index (χ1n) is 4.40. The molecule has 0 heterocycles. The minimum atomic E-state index is -0.306. The summed E-state index contributed by atoms with van der Waals surface area (Å²) in [7, 11) is -0.306. The number of hydrogen-bond donors (Lipinski definition) is 0. The molecule has 0 aromatic heterocycles. The lowest BCUT2D eigenvalue weighted by molar-refractivity contribution is 0.518. The lowest BCUT2D eigenvalue weighted by Crippen LogP contribution is -2.07. The van der Waals surface area contributed by atoms with Crippen LogP contribution in [0.15, 0.2) is 17.7 Å². The summed E-state index contributed by atoms with van der Waals surface area (Å²) in [5.41, 5.74) is 1.70. The van der Waals surface area contributed by atoms with Gasteiger partial charge in [0.2, 0.25) is 0 Å². The van der Waals surface area contributed by atoms with Crippen molar-refractivity contribution in [2.75, 3.05) is 0 Å². The normalized spacial score (nSPS) is 16.8. The van der Waals surface area contributed by atoms with E-state index in [9.17, 15) is 0 Å². The Kier molecular flexibility index (Phi) is 2.52. The van der Waals surface area contributed by atoms with E-state index < -0.39 is 0 Å². The van der Waals surface area contributed by atoms with Gasteiger partial charge in [0, 0.05) is 8.41 Å². The molecule has 65 valence electrons. The second-order valence-electron chi connectivity index (χ2n) is 4.55. The van der Waals surface area contributed by atoms with Crippen LogP contribution in [0, 0.1) is 11.5 Å². The van der Waals surface area contributed by atoms with Gasteiger partial charge in [-0.15, -0.1) is 0 Å². The summed E-state index contributed by atoms with van der Waals surface area (Å²) >= 11 is 0. The Morgan fingerprint density at radius 1 is 1.25 bits per heavy atom. The van der Waals surface area contributed by atoms with Crippen molar-refractivity contribution in [2.45, 2.75) is 33.9 Å². The van der Waals surface area contributed by atoms with Gasteiger partial charge < -0.3 is 0 Å². The maximum atomic E-state index is 3.36. The van der Waals surface area contributed by atoms with Crippen LogP contribution < -0.4 is 0 Å². The molecule has 0 nitrogen and oxygen atoms in total. The summed E-state index contributed by atoms with van der Waals surface area (Å²) < 4.78 is 0. The first-order valence-corrected chi connectivity index (χ1v) is 6.90. The molecule has 0 aromatic rings. The van der Waals surface area contributed by atoms with Crippen molar-refractivity contribution in [3.05, 3.63) is 23.8 Å². The van der Waals surface area contributed by atoms with Crippen LogP contribution in [0.5, 0.6) is 0 Å². The standard InChI is InChI=1S/C11H17Si/c1-11(2,3)9-6-7-10(8-9)12(4)5/h6,8H,1-5H3. The summed E-state index contributed by atoms with van der Waals surface area (Å²) in [6.07, 6.45) is 7.82. The van der Waals surface area contributed by atoms with Crippen molar-refractivity contribution in [1.29, 1.82) is 0 Å². The predicted molar refractivity (Wildman–Crippen MR) is 57.8 cm³/mol. The van der Waals surface area contributed by atoms with Gasteiger partial charge in [-0.05, 0) is 22.2 Å². The van der Waals surface area contributed by atoms with Crippen LogP contribution in [0.3, 0.4) is 0 Å². The van der Waals surface area contributed by atoms with E-state index in [1.165, 1.54) is 10.7 Å². The Morgan fingerprint density at radius 2 is 1.83 bits per heavy atom. The Balaban J connectivity index is 2.97. The molecule has 1 radical (unpaired) electrons. The van der Waals surface area contributed by atoms with Crippen molar-refractivity contribution < 1.29 is 0 Å². The third-order valence-corrected chi connectivity index (χ3v) is 3.45. The average Bonchev–Trinajstić information content (AvgIpc) is 2.30. The van der Waals surface area contributed by atoms with Gasteiger partial charge in [0.1, 0.15) is 0 Å². The van der Waals surface area contributed by atoms with E-state index in [1.807, 2.05) is 0 Å². The maximum absolute atomic E-state index is 3.36. The first-order chi connectivity index (χ1) is 5.41. The van der Waals surface area contributed by atoms with Crippen LogP contribution in [0.2, 0.25) is 13.1 Å². The highest BCUT2D eigenvalue weighted by Crippen LogP contribution is 2.28. The second-order valence-corrected chi connectivity index (χ2v) is 7.09. The second kappa shape index (κ2) is 3.13. The van der Waals surface area contributed by atoms with Gasteiger partial charge in [0.15, 0.2) is 0 Å². The van der Waals surface area contributed by atoms with Gasteiger partial charge in [0.05, 0.1) is 0 Å². The van der Waals surface area contributed by atoms with Crippen LogP contribution in [-0.4, -0.2) is 13.6 Å². The van der Waals surface area contributed by atoms with Gasteiger partial charge >= 0.3 is 0 Å². The summed E-state index contributed by atoms with van der Waals surface area (Å²) in [6, 6.07) is 0. The van der Waals surface area contributed by atoms with Gasteiger partial charge in [-0.25, -0.2) is 0 Å². The van der Waals surface area contributed by atoms with Crippen molar-refractivity contribution >= 4 is 13.6 Å². The van der Waals surface area contributed by atoms with Crippen LogP contribution in [-0.2, 0) is 0 Å². The van der Waals surface area contributed by atoms with E-state index >= 15 is 0 Å². The molecule has 1 rings (SSSR count). The number of rotatable bonds is 0. The lowest BCUT2D eigenvalue weighted by Gasteiger charge is -2.17. The molecule has 0 atom stereocenters. The average molecular weight is 177 g/mol. The third-order valence-electron chi connectivity index (χ3n) is 2.09. The maximum Gasteiger partial charge on any atom is 0.0136 e. The van der Waals surface area contributed by atoms with Crippen LogP contribution >= 0.6 is 0 Å². The SMILES string of the molecule is C[Si](C)=C1[C]=CC(C(C)(C)C)=C1. The van der Waals surface area contributed by atoms with E-state index in [-0.39, 0.29) is 13.8 Å². The third kappa shape index (κ3) is 2.04. The first kappa shape index (κ1) is 9.65. The summed E-state index contributed by atoms with van der Waals surface area (Å²) in [5, 5.41) is 1.44. The minimum absolute atomic E-state index is 0.284. The molecular weight excluding hydrogens is 160 g/mol. The van der Waals surface area contributed by atoms with E-state index in [0.717, 1.165) is 0 Å². The summed E-state index contributed by atoms with van der Waals surface area (Å²) in [4.78, 5) is 0. The fourth-order valence-electron chi connectivity index (χ4n) is 1.12. The Labute approximate surface area is 77.2 Å². The minimum Gasteiger partial charge on any atom is -0.0561 e. The summed E-state index contributed by atoms with van der Waals surface area (Å²) in [5.74, 6) is 0. The Bertz CT molecular complexity index is 268. The largest absolute Gasteiger partial charge is 0.0561 e. The fraction of sp³-hybridized carbons (Fsp3) is 0.545. The Morgan fingerprint density at radius 3 is 2.08 bits per heavy atom. The van der Waals surface area contributed by atoms with Crippen molar-refractivity contribution in [3.63, 3.8) is 0 Å². The Hall–Kier alpha value is -0.433. The molecule has 0 bridgehead atoms. The number of allylic oxidation sites excluding steroid dienone is 4. The van der Waals surface area contributed by atoms with Crippen LogP contribution in [0.1, 0.15) is 20.8 Å². The summed E-state index contributed by atoms with van der Waals surface area (Å²) in [6.45, 7) is 11.4. The fourth-order valence-corrected chi connectivity index (χ4v) is 1.92. The molecular formula is C11H17Si. The molecule has 0 unspecified atom stereocenters. The molecule has 12 heavy (non-hydrogen) atoms. The highest BCUT2D eigenvalue weighted by molar-refractivity contribution is 6.72. The zero-order valence-corrected chi connectivity index (χ0v) is 9.65. The zero-order valence-electron chi connectivity index (χ0n) is 8.65. The molecule has 0 spiro atoms. The van der Waals surface area contributed by atoms with Gasteiger partial charge in [0.25, 0.3) is 0 Å². The number of hydrogen-bond acceptors (Lipinski definition) is 0. The van der Waals surface area contributed by atoms with Crippen LogP contribution in [0.4, 0.5) is 0 Å². The van der Waals surface area contributed by atoms with E-state index in [2.05, 4.69) is 52.1 Å². The van der Waals surface area contributed by atoms with E-state index in [4.69, 9.17) is 0 Å². The van der Waals surface area contributed by atoms with Crippen molar-refractivity contribution in [3.8, 4) is 0 Å². The smallest absolute Gasteiger partial charge is 0.0136 e. The molecule has 0 fully saturated rings. The quantitative estimate of drug-likeness (QED) is 0.499. The monoisotopic (exact) mass is 177 g/mol. The molecule has 1 aliphatic carbocycles. The lowest BCUT2D eigenvalue weighted by atomic mass is 9.87. The van der Waals surface area contributed by atoms with Crippen molar-refractivity contribution in [2.24, 2.45) is 5.41 Å². The van der Waals surface area contributed by atoms with E-state index in [0.29, 0.717) is 0 Å².